The molecule has 1 atom stereocenters. The maximum absolute atomic E-state index is 11.8. The summed E-state index contributed by atoms with van der Waals surface area (Å²) in [7, 11) is 0. The highest BCUT2D eigenvalue weighted by Gasteiger charge is 2.49. The molecule has 2 aromatic rings. The molecule has 0 amide bonds. The van der Waals surface area contributed by atoms with Crippen molar-refractivity contribution in [2.75, 3.05) is 5.75 Å². The lowest BCUT2D eigenvalue weighted by Gasteiger charge is -2.47. The van der Waals surface area contributed by atoms with Crippen molar-refractivity contribution in [1.29, 1.82) is 0 Å². The molecule has 0 aromatic carbocycles. The van der Waals surface area contributed by atoms with Crippen LogP contribution in [-0.4, -0.2) is 26.9 Å². The Kier molecular flexibility index (Phi) is 6.25. The van der Waals surface area contributed by atoms with Crippen LogP contribution in [0.15, 0.2) is 34.9 Å². The number of thioether (sulfide) groups is 1. The van der Waals surface area contributed by atoms with Gasteiger partial charge in [0.15, 0.2) is 0 Å². The van der Waals surface area contributed by atoms with E-state index >= 15 is 0 Å². The van der Waals surface area contributed by atoms with Crippen molar-refractivity contribution in [3.63, 3.8) is 0 Å². The Morgan fingerprint density at radius 3 is 2.62 bits per heavy atom. The minimum Gasteiger partial charge on any atom is -0.475 e. The quantitative estimate of drug-likeness (QED) is 0.650. The van der Waals surface area contributed by atoms with Crippen molar-refractivity contribution < 1.29 is 9.84 Å². The van der Waals surface area contributed by atoms with Gasteiger partial charge in [-0.2, -0.15) is 0 Å². The summed E-state index contributed by atoms with van der Waals surface area (Å²) in [6.45, 7) is 6.22. The number of thiazole rings is 1. The van der Waals surface area contributed by atoms with Crippen LogP contribution in [0, 0.1) is 5.41 Å². The fourth-order valence-electron chi connectivity index (χ4n) is 3.66. The molecule has 0 saturated heterocycles. The Balaban J connectivity index is 1.76. The number of hydrogen-bond acceptors (Lipinski definition) is 6. The predicted octanol–water partition coefficient (Wildman–Crippen LogP) is 5.28. The summed E-state index contributed by atoms with van der Waals surface area (Å²) in [6.07, 6.45) is 9.53. The van der Waals surface area contributed by atoms with Crippen molar-refractivity contribution in [2.45, 2.75) is 69.5 Å². The van der Waals surface area contributed by atoms with Gasteiger partial charge in [0.2, 0.25) is 5.88 Å². The van der Waals surface area contributed by atoms with Crippen molar-refractivity contribution in [2.24, 2.45) is 5.41 Å². The minimum atomic E-state index is -0.869. The SMILES string of the molecule is CC(C)Oc1ccc(SCC(O)(c2cncs2)C2(C)CCCCC2)cn1. The van der Waals surface area contributed by atoms with Crippen LogP contribution in [0.5, 0.6) is 5.88 Å². The normalized spacial score (nSPS) is 19.3. The first-order chi connectivity index (χ1) is 12.4. The lowest BCUT2D eigenvalue weighted by molar-refractivity contribution is -0.0796. The number of hydrogen-bond donors (Lipinski definition) is 1. The highest BCUT2D eigenvalue weighted by Crippen LogP contribution is 2.52. The van der Waals surface area contributed by atoms with Crippen LogP contribution >= 0.6 is 23.1 Å². The number of ether oxygens (including phenoxy) is 1. The van der Waals surface area contributed by atoms with Gasteiger partial charge in [0.1, 0.15) is 5.60 Å². The fourth-order valence-corrected chi connectivity index (χ4v) is 5.79. The minimum absolute atomic E-state index is 0.112. The molecule has 6 heteroatoms. The first kappa shape index (κ1) is 19.6. The third-order valence-corrected chi connectivity index (χ3v) is 7.37. The monoisotopic (exact) mass is 392 g/mol. The van der Waals surface area contributed by atoms with Gasteiger partial charge in [0.25, 0.3) is 0 Å². The molecular weight excluding hydrogens is 364 g/mol. The molecule has 2 heterocycles. The summed E-state index contributed by atoms with van der Waals surface area (Å²) in [5.41, 5.74) is 0.835. The van der Waals surface area contributed by atoms with Gasteiger partial charge < -0.3 is 9.84 Å². The Labute approximate surface area is 164 Å². The molecule has 1 fully saturated rings. The van der Waals surface area contributed by atoms with Gasteiger partial charge in [0.05, 0.1) is 16.5 Å². The van der Waals surface area contributed by atoms with Crippen molar-refractivity contribution in [3.05, 3.63) is 34.9 Å². The van der Waals surface area contributed by atoms with Crippen LogP contribution < -0.4 is 4.74 Å². The average molecular weight is 393 g/mol. The molecule has 0 spiro atoms. The summed E-state index contributed by atoms with van der Waals surface area (Å²) in [5.74, 6) is 1.25. The van der Waals surface area contributed by atoms with Gasteiger partial charge in [-0.05, 0) is 32.8 Å². The van der Waals surface area contributed by atoms with Crippen molar-refractivity contribution in [1.82, 2.24) is 9.97 Å². The van der Waals surface area contributed by atoms with E-state index in [1.54, 1.807) is 23.1 Å². The molecule has 142 valence electrons. The van der Waals surface area contributed by atoms with E-state index in [4.69, 9.17) is 4.74 Å². The van der Waals surface area contributed by atoms with Gasteiger partial charge in [0, 0.05) is 34.5 Å². The number of nitrogens with zero attached hydrogens (tertiary/aromatic N) is 2. The first-order valence-electron chi connectivity index (χ1n) is 9.30. The largest absolute Gasteiger partial charge is 0.475 e. The molecular formula is C20H28N2O2S2. The molecule has 0 bridgehead atoms. The van der Waals surface area contributed by atoms with E-state index in [-0.39, 0.29) is 11.5 Å². The maximum atomic E-state index is 11.8. The Morgan fingerprint density at radius 1 is 1.27 bits per heavy atom. The zero-order valence-electron chi connectivity index (χ0n) is 15.8. The molecule has 0 radical (unpaired) electrons. The molecule has 0 aliphatic heterocycles. The van der Waals surface area contributed by atoms with Crippen molar-refractivity contribution >= 4 is 23.1 Å². The second-order valence-electron chi connectivity index (χ2n) is 7.63. The topological polar surface area (TPSA) is 55.2 Å². The van der Waals surface area contributed by atoms with Crippen LogP contribution in [0.25, 0.3) is 0 Å². The van der Waals surface area contributed by atoms with E-state index in [2.05, 4.69) is 16.9 Å². The van der Waals surface area contributed by atoms with E-state index in [1.165, 1.54) is 19.3 Å². The van der Waals surface area contributed by atoms with E-state index in [1.807, 2.05) is 43.9 Å². The third kappa shape index (κ3) is 4.24. The van der Waals surface area contributed by atoms with Crippen molar-refractivity contribution in [3.8, 4) is 5.88 Å². The summed E-state index contributed by atoms with van der Waals surface area (Å²) in [4.78, 5) is 10.6. The summed E-state index contributed by atoms with van der Waals surface area (Å²) < 4.78 is 5.61. The average Bonchev–Trinajstić information content (AvgIpc) is 3.16. The molecule has 4 nitrogen and oxygen atoms in total. The van der Waals surface area contributed by atoms with Gasteiger partial charge in [-0.3, -0.25) is 4.98 Å². The van der Waals surface area contributed by atoms with Crippen LogP contribution in [0.2, 0.25) is 0 Å². The number of aromatic nitrogens is 2. The van der Waals surface area contributed by atoms with E-state index < -0.39 is 5.60 Å². The highest BCUT2D eigenvalue weighted by atomic mass is 32.2. The fraction of sp³-hybridized carbons (Fsp3) is 0.600. The summed E-state index contributed by atoms with van der Waals surface area (Å²) >= 11 is 3.21. The first-order valence-corrected chi connectivity index (χ1v) is 11.2. The summed E-state index contributed by atoms with van der Waals surface area (Å²) in [6, 6.07) is 3.92. The van der Waals surface area contributed by atoms with Crippen LogP contribution in [0.4, 0.5) is 0 Å². The smallest absolute Gasteiger partial charge is 0.213 e. The van der Waals surface area contributed by atoms with Gasteiger partial charge in [-0.25, -0.2) is 4.98 Å². The van der Waals surface area contributed by atoms with Crippen LogP contribution in [0.3, 0.4) is 0 Å². The second-order valence-corrected chi connectivity index (χ2v) is 9.57. The standard InChI is InChI=1S/C20H28N2O2S2/c1-15(2)24-18-8-7-16(11-22-18)25-13-20(23,17-12-21-14-26-17)19(3)9-5-4-6-10-19/h7-8,11-12,14-15,23H,4-6,9-10,13H2,1-3H3. The van der Waals surface area contributed by atoms with Gasteiger partial charge >= 0.3 is 0 Å². The molecule has 1 aliphatic rings. The molecule has 1 N–H and O–H groups in total. The van der Waals surface area contributed by atoms with Gasteiger partial charge in [-0.15, -0.1) is 23.1 Å². The van der Waals surface area contributed by atoms with Gasteiger partial charge in [-0.1, -0.05) is 26.2 Å². The zero-order valence-corrected chi connectivity index (χ0v) is 17.4. The van der Waals surface area contributed by atoms with Crippen LogP contribution in [-0.2, 0) is 5.60 Å². The Hall–Kier alpha value is -1.11. The molecule has 26 heavy (non-hydrogen) atoms. The lowest BCUT2D eigenvalue weighted by Crippen LogP contribution is -2.46. The zero-order chi connectivity index (χ0) is 18.6. The molecule has 3 rings (SSSR count). The molecule has 1 saturated carbocycles. The van der Waals surface area contributed by atoms with E-state index in [9.17, 15) is 5.11 Å². The third-order valence-electron chi connectivity index (χ3n) is 5.31. The summed E-state index contributed by atoms with van der Waals surface area (Å²) in [5, 5.41) is 11.8. The second kappa shape index (κ2) is 8.28. The highest BCUT2D eigenvalue weighted by molar-refractivity contribution is 7.99. The maximum Gasteiger partial charge on any atom is 0.213 e. The van der Waals surface area contributed by atoms with E-state index in [0.29, 0.717) is 11.6 Å². The van der Waals surface area contributed by atoms with E-state index in [0.717, 1.165) is 22.6 Å². The number of pyridine rings is 1. The number of rotatable bonds is 7. The Bertz CT molecular complexity index is 682. The molecule has 1 aliphatic carbocycles. The molecule has 1 unspecified atom stereocenters. The lowest BCUT2D eigenvalue weighted by atomic mass is 9.64. The predicted molar refractivity (Wildman–Crippen MR) is 108 cm³/mol. The van der Waals surface area contributed by atoms with Crippen LogP contribution in [0.1, 0.15) is 57.8 Å². The number of aliphatic hydroxyl groups is 1. The Morgan fingerprint density at radius 2 is 2.04 bits per heavy atom. The molecule has 2 aromatic heterocycles.